The largest absolute Gasteiger partial charge is 0.478 e. The van der Waals surface area contributed by atoms with E-state index in [9.17, 15) is 14.7 Å². The van der Waals surface area contributed by atoms with Gasteiger partial charge < -0.3 is 19.6 Å². The number of hydrogen-bond acceptors (Lipinski definition) is 5. The summed E-state index contributed by atoms with van der Waals surface area (Å²) in [4.78, 5) is 29.4. The molecular formula is C27H29N3O4. The van der Waals surface area contributed by atoms with Crippen molar-refractivity contribution >= 4 is 12.3 Å². The molecule has 176 valence electrons. The molecule has 1 aromatic heterocycles. The Labute approximate surface area is 198 Å². The van der Waals surface area contributed by atoms with E-state index in [0.29, 0.717) is 12.8 Å². The van der Waals surface area contributed by atoms with E-state index in [1.54, 1.807) is 24.3 Å². The zero-order valence-electron chi connectivity index (χ0n) is 19.0. The summed E-state index contributed by atoms with van der Waals surface area (Å²) in [6.45, 7) is 1.52. The quantitative estimate of drug-likeness (QED) is 0.501. The topological polar surface area (TPSA) is 95.7 Å². The van der Waals surface area contributed by atoms with Crippen LogP contribution in [0, 0.1) is 5.92 Å². The average Bonchev–Trinajstić information content (AvgIpc) is 3.45. The summed E-state index contributed by atoms with van der Waals surface area (Å²) in [5, 5.41) is 20.2. The number of aromatic carboxylic acids is 1. The first-order valence-electron chi connectivity index (χ1n) is 11.9. The fourth-order valence-electron chi connectivity index (χ4n) is 5.52. The van der Waals surface area contributed by atoms with Gasteiger partial charge in [-0.25, -0.2) is 9.78 Å². The highest BCUT2D eigenvalue weighted by atomic mass is 16.4. The van der Waals surface area contributed by atoms with Crippen LogP contribution < -0.4 is 0 Å². The van der Waals surface area contributed by atoms with E-state index in [-0.39, 0.29) is 23.6 Å². The van der Waals surface area contributed by atoms with Gasteiger partial charge in [0.1, 0.15) is 6.29 Å². The van der Waals surface area contributed by atoms with Gasteiger partial charge in [0.15, 0.2) is 0 Å². The van der Waals surface area contributed by atoms with Gasteiger partial charge in [-0.15, -0.1) is 0 Å². The fraction of sp³-hybridized carbons (Fsp3) is 0.370. The molecule has 0 saturated carbocycles. The highest BCUT2D eigenvalue weighted by Crippen LogP contribution is 2.42. The first-order valence-corrected chi connectivity index (χ1v) is 11.9. The molecule has 3 atom stereocenters. The van der Waals surface area contributed by atoms with E-state index >= 15 is 0 Å². The van der Waals surface area contributed by atoms with Gasteiger partial charge in [0.25, 0.3) is 0 Å². The lowest BCUT2D eigenvalue weighted by Crippen LogP contribution is -2.45. The smallest absolute Gasteiger partial charge is 0.335 e. The van der Waals surface area contributed by atoms with Crippen molar-refractivity contribution in [1.29, 1.82) is 0 Å². The maximum Gasteiger partial charge on any atom is 0.335 e. The van der Waals surface area contributed by atoms with E-state index in [1.807, 2.05) is 24.7 Å². The Morgan fingerprint density at radius 2 is 1.85 bits per heavy atom. The number of aldehydes is 1. The number of carbonyl (C=O) groups is 2. The summed E-state index contributed by atoms with van der Waals surface area (Å²) in [7, 11) is 0. The summed E-state index contributed by atoms with van der Waals surface area (Å²) >= 11 is 0. The van der Waals surface area contributed by atoms with Gasteiger partial charge in [0.2, 0.25) is 0 Å². The Hall–Kier alpha value is -3.29. The van der Waals surface area contributed by atoms with E-state index in [0.717, 1.165) is 43.5 Å². The zero-order valence-corrected chi connectivity index (χ0v) is 19.0. The van der Waals surface area contributed by atoms with Crippen LogP contribution in [-0.4, -0.2) is 62.2 Å². The number of aromatic nitrogens is 2. The maximum atomic E-state index is 11.8. The van der Waals surface area contributed by atoms with Gasteiger partial charge >= 0.3 is 5.97 Å². The van der Waals surface area contributed by atoms with E-state index in [2.05, 4.69) is 26.6 Å². The molecule has 1 saturated heterocycles. The zero-order chi connectivity index (χ0) is 23.7. The molecule has 7 heteroatoms. The van der Waals surface area contributed by atoms with Gasteiger partial charge in [0, 0.05) is 5.56 Å². The van der Waals surface area contributed by atoms with Crippen molar-refractivity contribution in [2.45, 2.75) is 43.9 Å². The van der Waals surface area contributed by atoms with Gasteiger partial charge in [-0.3, -0.25) is 4.90 Å². The number of carboxylic acid groups (broad SMARTS) is 1. The third-order valence-electron chi connectivity index (χ3n) is 7.45. The van der Waals surface area contributed by atoms with Gasteiger partial charge in [0.05, 0.1) is 42.0 Å². The number of aliphatic hydroxyl groups excluding tert-OH is 1. The van der Waals surface area contributed by atoms with Gasteiger partial charge in [-0.05, 0) is 68.0 Å². The third kappa shape index (κ3) is 4.29. The second-order valence-corrected chi connectivity index (χ2v) is 9.38. The van der Waals surface area contributed by atoms with Crippen molar-refractivity contribution in [3.8, 4) is 11.3 Å². The molecule has 0 amide bonds. The predicted molar refractivity (Wildman–Crippen MR) is 128 cm³/mol. The van der Waals surface area contributed by atoms with Crippen molar-refractivity contribution in [3.63, 3.8) is 0 Å². The Kier molecular flexibility index (Phi) is 6.30. The molecule has 3 aromatic rings. The molecule has 1 fully saturated rings. The van der Waals surface area contributed by atoms with Crippen LogP contribution in [0.4, 0.5) is 0 Å². The van der Waals surface area contributed by atoms with E-state index in [4.69, 9.17) is 5.11 Å². The summed E-state index contributed by atoms with van der Waals surface area (Å²) in [5.74, 6) is -0.761. The summed E-state index contributed by atoms with van der Waals surface area (Å²) in [5.41, 5.74) is 4.73. The van der Waals surface area contributed by atoms with Crippen LogP contribution in [0.5, 0.6) is 0 Å². The standard InChI is InChI=1S/C27H29N3O4/c31-16-21(13-18-5-7-20(8-6-18)27(33)34)29-11-9-19(10-12-29)26(32)14-24-22-3-1-2-4-23(22)25-15-28-17-30(24)25/h1-8,15-17,19,21,24,26,32H,9-14H2,(H,33,34). The molecule has 5 rings (SSSR count). The Bertz CT molecular complexity index is 1160. The van der Waals surface area contributed by atoms with Crippen LogP contribution in [0.2, 0.25) is 0 Å². The minimum absolute atomic E-state index is 0.0956. The molecule has 0 radical (unpaired) electrons. The van der Waals surface area contributed by atoms with Gasteiger partial charge in [-0.1, -0.05) is 36.4 Å². The lowest BCUT2D eigenvalue weighted by atomic mass is 9.86. The van der Waals surface area contributed by atoms with Crippen LogP contribution in [0.3, 0.4) is 0 Å². The van der Waals surface area contributed by atoms with E-state index in [1.165, 1.54) is 11.1 Å². The Balaban J connectivity index is 1.19. The van der Waals surface area contributed by atoms with Crippen LogP contribution in [0.1, 0.15) is 46.8 Å². The number of benzene rings is 2. The molecule has 2 N–H and O–H groups in total. The van der Waals surface area contributed by atoms with Crippen LogP contribution in [0.25, 0.3) is 11.3 Å². The molecule has 7 nitrogen and oxygen atoms in total. The summed E-state index contributed by atoms with van der Waals surface area (Å²) < 4.78 is 2.17. The molecule has 0 bridgehead atoms. The highest BCUT2D eigenvalue weighted by molar-refractivity contribution is 5.87. The minimum atomic E-state index is -0.954. The summed E-state index contributed by atoms with van der Waals surface area (Å²) in [6.07, 6.45) is 7.19. The lowest BCUT2D eigenvalue weighted by Gasteiger charge is -2.37. The SMILES string of the molecule is O=CC(Cc1ccc(C(=O)O)cc1)N1CCC(C(O)CC2c3ccccc3-c3cncn32)CC1. The maximum absolute atomic E-state index is 11.8. The Morgan fingerprint density at radius 1 is 1.12 bits per heavy atom. The number of imidazole rings is 1. The number of carboxylic acids is 1. The first kappa shape index (κ1) is 22.5. The molecule has 0 aliphatic carbocycles. The third-order valence-corrected chi connectivity index (χ3v) is 7.45. The van der Waals surface area contributed by atoms with Crippen molar-refractivity contribution in [3.05, 3.63) is 77.7 Å². The fourth-order valence-corrected chi connectivity index (χ4v) is 5.52. The number of likely N-dealkylation sites (tertiary alicyclic amines) is 1. The molecular weight excluding hydrogens is 430 g/mol. The number of piperidine rings is 1. The molecule has 2 aliphatic heterocycles. The number of carbonyl (C=O) groups excluding carboxylic acids is 1. The molecule has 2 aliphatic rings. The van der Waals surface area contributed by atoms with Crippen LogP contribution in [-0.2, 0) is 11.2 Å². The minimum Gasteiger partial charge on any atom is -0.478 e. The summed E-state index contributed by atoms with van der Waals surface area (Å²) in [6, 6.07) is 14.9. The van der Waals surface area contributed by atoms with Crippen molar-refractivity contribution < 1.29 is 19.8 Å². The number of fused-ring (bicyclic) bond motifs is 3. The number of hydrogen-bond donors (Lipinski definition) is 2. The second kappa shape index (κ2) is 9.52. The number of nitrogens with zero attached hydrogens (tertiary/aromatic N) is 3. The average molecular weight is 460 g/mol. The highest BCUT2D eigenvalue weighted by Gasteiger charge is 2.34. The van der Waals surface area contributed by atoms with Crippen molar-refractivity contribution in [2.75, 3.05) is 13.1 Å². The molecule has 34 heavy (non-hydrogen) atoms. The number of rotatable bonds is 8. The molecule has 3 unspecified atom stereocenters. The normalized spacial score (nSPS) is 19.9. The van der Waals surface area contributed by atoms with Crippen LogP contribution in [0.15, 0.2) is 61.1 Å². The monoisotopic (exact) mass is 459 g/mol. The predicted octanol–water partition coefficient (Wildman–Crippen LogP) is 3.42. The molecule has 2 aromatic carbocycles. The molecule has 0 spiro atoms. The van der Waals surface area contributed by atoms with Crippen molar-refractivity contribution in [1.82, 2.24) is 14.5 Å². The lowest BCUT2D eigenvalue weighted by molar-refractivity contribution is -0.113. The van der Waals surface area contributed by atoms with Crippen LogP contribution >= 0.6 is 0 Å². The van der Waals surface area contributed by atoms with E-state index < -0.39 is 12.1 Å². The Morgan fingerprint density at radius 3 is 2.56 bits per heavy atom. The van der Waals surface area contributed by atoms with Crippen molar-refractivity contribution in [2.24, 2.45) is 5.92 Å². The second-order valence-electron chi connectivity index (χ2n) is 9.38. The number of aliphatic hydroxyl groups is 1. The first-order chi connectivity index (χ1) is 16.5. The van der Waals surface area contributed by atoms with Gasteiger partial charge in [-0.2, -0.15) is 0 Å². The molecule has 3 heterocycles.